The molecule has 1 amide bonds. The van der Waals surface area contributed by atoms with Crippen molar-refractivity contribution in [2.24, 2.45) is 5.92 Å². The molecule has 24 heavy (non-hydrogen) atoms. The van der Waals surface area contributed by atoms with Gasteiger partial charge in [0.15, 0.2) is 0 Å². The predicted octanol–water partition coefficient (Wildman–Crippen LogP) is 2.85. The zero-order valence-electron chi connectivity index (χ0n) is 13.7. The summed E-state index contributed by atoms with van der Waals surface area (Å²) in [4.78, 5) is 18.6. The van der Waals surface area contributed by atoms with Crippen LogP contribution in [0.15, 0.2) is 33.3 Å². The lowest BCUT2D eigenvalue weighted by atomic mass is 9.96. The SMILES string of the molecule is CCNC(=O)C1CCN(Cc2nc(-c3ccc(Br)cc3)no2)CC1. The minimum absolute atomic E-state index is 0.127. The van der Waals surface area contributed by atoms with E-state index in [0.717, 1.165) is 36.0 Å². The number of aromatic nitrogens is 2. The highest BCUT2D eigenvalue weighted by atomic mass is 79.9. The van der Waals surface area contributed by atoms with Gasteiger partial charge in [0.1, 0.15) is 0 Å². The number of carbonyl (C=O) groups excluding carboxylic acids is 1. The third kappa shape index (κ3) is 4.21. The van der Waals surface area contributed by atoms with Crippen LogP contribution in [0.4, 0.5) is 0 Å². The molecule has 0 radical (unpaired) electrons. The maximum atomic E-state index is 11.9. The second-order valence-corrected chi connectivity index (χ2v) is 6.88. The largest absolute Gasteiger partial charge is 0.356 e. The van der Waals surface area contributed by atoms with Gasteiger partial charge in [-0.25, -0.2) is 0 Å². The first-order valence-electron chi connectivity index (χ1n) is 8.24. The molecule has 3 rings (SSSR count). The predicted molar refractivity (Wildman–Crippen MR) is 94.1 cm³/mol. The van der Waals surface area contributed by atoms with E-state index in [4.69, 9.17) is 4.52 Å². The average Bonchev–Trinajstić information content (AvgIpc) is 3.05. The zero-order valence-corrected chi connectivity index (χ0v) is 15.3. The molecule has 2 aromatic rings. The molecule has 7 heteroatoms. The Morgan fingerprint density at radius 1 is 1.33 bits per heavy atom. The molecule has 0 spiro atoms. The molecule has 1 aliphatic heterocycles. The lowest BCUT2D eigenvalue weighted by Crippen LogP contribution is -2.40. The van der Waals surface area contributed by atoms with Gasteiger partial charge in [0.2, 0.25) is 17.6 Å². The lowest BCUT2D eigenvalue weighted by Gasteiger charge is -2.30. The number of nitrogens with one attached hydrogen (secondary N) is 1. The van der Waals surface area contributed by atoms with Crippen molar-refractivity contribution in [2.45, 2.75) is 26.3 Å². The summed E-state index contributed by atoms with van der Waals surface area (Å²) in [5.74, 6) is 1.52. The number of amides is 1. The number of benzene rings is 1. The van der Waals surface area contributed by atoms with Crippen LogP contribution in [-0.2, 0) is 11.3 Å². The van der Waals surface area contributed by atoms with Crippen LogP contribution in [0.1, 0.15) is 25.7 Å². The van der Waals surface area contributed by atoms with Crippen molar-refractivity contribution >= 4 is 21.8 Å². The molecule has 2 heterocycles. The Balaban J connectivity index is 1.54. The first-order chi connectivity index (χ1) is 11.7. The average molecular weight is 393 g/mol. The number of halogens is 1. The Morgan fingerprint density at radius 3 is 2.71 bits per heavy atom. The number of piperidine rings is 1. The molecule has 6 nitrogen and oxygen atoms in total. The highest BCUT2D eigenvalue weighted by molar-refractivity contribution is 9.10. The van der Waals surface area contributed by atoms with E-state index in [2.05, 4.69) is 36.3 Å². The number of rotatable bonds is 5. The van der Waals surface area contributed by atoms with Crippen molar-refractivity contribution in [2.75, 3.05) is 19.6 Å². The normalized spacial score (nSPS) is 16.2. The van der Waals surface area contributed by atoms with Gasteiger partial charge in [-0.1, -0.05) is 21.1 Å². The first-order valence-corrected chi connectivity index (χ1v) is 9.03. The topological polar surface area (TPSA) is 71.3 Å². The van der Waals surface area contributed by atoms with Crippen LogP contribution in [0.2, 0.25) is 0 Å². The van der Waals surface area contributed by atoms with Gasteiger partial charge in [0, 0.05) is 22.5 Å². The molecule has 1 aliphatic rings. The monoisotopic (exact) mass is 392 g/mol. The molecule has 0 unspecified atom stereocenters. The maximum Gasteiger partial charge on any atom is 0.241 e. The van der Waals surface area contributed by atoms with E-state index < -0.39 is 0 Å². The molecular weight excluding hydrogens is 372 g/mol. The summed E-state index contributed by atoms with van der Waals surface area (Å²) in [7, 11) is 0. The second kappa shape index (κ2) is 7.90. The van der Waals surface area contributed by atoms with Gasteiger partial charge in [0.25, 0.3) is 0 Å². The highest BCUT2D eigenvalue weighted by Gasteiger charge is 2.25. The van der Waals surface area contributed by atoms with Crippen molar-refractivity contribution in [3.05, 3.63) is 34.6 Å². The number of hydrogen-bond donors (Lipinski definition) is 1. The van der Waals surface area contributed by atoms with E-state index in [1.807, 2.05) is 31.2 Å². The Morgan fingerprint density at radius 2 is 2.04 bits per heavy atom. The van der Waals surface area contributed by atoms with Crippen molar-refractivity contribution in [1.29, 1.82) is 0 Å². The van der Waals surface area contributed by atoms with Crippen molar-refractivity contribution in [3.63, 3.8) is 0 Å². The van der Waals surface area contributed by atoms with Crippen molar-refractivity contribution < 1.29 is 9.32 Å². The van der Waals surface area contributed by atoms with E-state index in [1.165, 1.54) is 0 Å². The van der Waals surface area contributed by atoms with Crippen LogP contribution >= 0.6 is 15.9 Å². The van der Waals surface area contributed by atoms with E-state index in [9.17, 15) is 4.79 Å². The standard InChI is InChI=1S/C17H21BrN4O2/c1-2-19-17(23)13-7-9-22(10-8-13)11-15-20-16(21-24-15)12-3-5-14(18)6-4-12/h3-6,13H,2,7-11H2,1H3,(H,19,23). The van der Waals surface area contributed by atoms with Crippen LogP contribution in [0.5, 0.6) is 0 Å². The quantitative estimate of drug-likeness (QED) is 0.846. The lowest BCUT2D eigenvalue weighted by molar-refractivity contribution is -0.126. The molecule has 0 aliphatic carbocycles. The first kappa shape index (κ1) is 17.1. The highest BCUT2D eigenvalue weighted by Crippen LogP contribution is 2.21. The van der Waals surface area contributed by atoms with Crippen LogP contribution < -0.4 is 5.32 Å². The molecule has 1 fully saturated rings. The summed E-state index contributed by atoms with van der Waals surface area (Å²) >= 11 is 3.41. The summed E-state index contributed by atoms with van der Waals surface area (Å²) in [5, 5.41) is 6.96. The summed E-state index contributed by atoms with van der Waals surface area (Å²) < 4.78 is 6.39. The van der Waals surface area contributed by atoms with Gasteiger partial charge in [-0.05, 0) is 57.1 Å². The van der Waals surface area contributed by atoms with Crippen LogP contribution in [0.25, 0.3) is 11.4 Å². The Labute approximate surface area is 149 Å². The minimum Gasteiger partial charge on any atom is -0.356 e. The third-order valence-corrected chi connectivity index (χ3v) is 4.77. The smallest absolute Gasteiger partial charge is 0.241 e. The molecule has 1 aromatic carbocycles. The fourth-order valence-corrected chi connectivity index (χ4v) is 3.16. The summed E-state index contributed by atoms with van der Waals surface area (Å²) in [5.41, 5.74) is 0.933. The van der Waals surface area contributed by atoms with Crippen LogP contribution in [0.3, 0.4) is 0 Å². The Kier molecular flexibility index (Phi) is 5.63. The molecule has 128 valence electrons. The molecule has 1 saturated heterocycles. The van der Waals surface area contributed by atoms with Crippen LogP contribution in [0, 0.1) is 5.92 Å². The van der Waals surface area contributed by atoms with E-state index in [1.54, 1.807) is 0 Å². The minimum atomic E-state index is 0.127. The maximum absolute atomic E-state index is 11.9. The summed E-state index contributed by atoms with van der Waals surface area (Å²) in [6.07, 6.45) is 1.75. The third-order valence-electron chi connectivity index (χ3n) is 4.24. The second-order valence-electron chi connectivity index (χ2n) is 5.96. The van der Waals surface area contributed by atoms with E-state index in [0.29, 0.717) is 24.8 Å². The van der Waals surface area contributed by atoms with Crippen molar-refractivity contribution in [1.82, 2.24) is 20.4 Å². The van der Waals surface area contributed by atoms with Crippen molar-refractivity contribution in [3.8, 4) is 11.4 Å². The molecule has 0 bridgehead atoms. The summed E-state index contributed by atoms with van der Waals surface area (Å²) in [6, 6.07) is 7.82. The Hall–Kier alpha value is -1.73. The summed E-state index contributed by atoms with van der Waals surface area (Å²) in [6.45, 7) is 5.02. The number of hydrogen-bond acceptors (Lipinski definition) is 5. The van der Waals surface area contributed by atoms with Gasteiger partial charge >= 0.3 is 0 Å². The molecule has 1 aromatic heterocycles. The van der Waals surface area contributed by atoms with Gasteiger partial charge in [-0.2, -0.15) is 4.98 Å². The van der Waals surface area contributed by atoms with Gasteiger partial charge in [-0.15, -0.1) is 0 Å². The molecule has 0 saturated carbocycles. The van der Waals surface area contributed by atoms with Gasteiger partial charge in [0.05, 0.1) is 6.54 Å². The van der Waals surface area contributed by atoms with E-state index in [-0.39, 0.29) is 11.8 Å². The molecule has 1 N–H and O–H groups in total. The molecule has 0 atom stereocenters. The molecular formula is C17H21BrN4O2. The fraction of sp³-hybridized carbons (Fsp3) is 0.471. The fourth-order valence-electron chi connectivity index (χ4n) is 2.90. The Bertz CT molecular complexity index is 678. The van der Waals surface area contributed by atoms with E-state index >= 15 is 0 Å². The number of carbonyl (C=O) groups is 1. The number of nitrogens with zero attached hydrogens (tertiary/aromatic N) is 3. The van der Waals surface area contributed by atoms with Gasteiger partial charge < -0.3 is 9.84 Å². The zero-order chi connectivity index (χ0) is 16.9. The van der Waals surface area contributed by atoms with Gasteiger partial charge in [-0.3, -0.25) is 9.69 Å². The van der Waals surface area contributed by atoms with Crippen LogP contribution in [-0.4, -0.2) is 40.6 Å². The number of likely N-dealkylation sites (tertiary alicyclic amines) is 1.